The van der Waals surface area contributed by atoms with Crippen LogP contribution >= 0.6 is 0 Å². The lowest BCUT2D eigenvalue weighted by Gasteiger charge is -2.28. The summed E-state index contributed by atoms with van der Waals surface area (Å²) in [5, 5.41) is 1.86. The normalized spacial score (nSPS) is 19.1. The summed E-state index contributed by atoms with van der Waals surface area (Å²) in [6.45, 7) is 4.92. The Morgan fingerprint density at radius 3 is 2.44 bits per heavy atom. The van der Waals surface area contributed by atoms with Gasteiger partial charge in [0.15, 0.2) is 0 Å². The Hall–Kier alpha value is -0.200. The minimum absolute atomic E-state index is 0.392. The Bertz CT molecular complexity index is 161. The molecule has 5 heteroatoms. The molecule has 0 bridgehead atoms. The van der Waals surface area contributed by atoms with Gasteiger partial charge in [-0.3, -0.25) is 5.84 Å². The molecule has 1 heterocycles. The summed E-state index contributed by atoms with van der Waals surface area (Å²) in [5.41, 5.74) is 5.36. The molecule has 96 valence electrons. The third-order valence-corrected chi connectivity index (χ3v) is 2.76. The van der Waals surface area contributed by atoms with E-state index in [-0.39, 0.29) is 0 Å². The van der Waals surface area contributed by atoms with Crippen LogP contribution in [0.25, 0.3) is 0 Å². The number of piperidine rings is 1. The van der Waals surface area contributed by atoms with Crippen molar-refractivity contribution >= 4 is 0 Å². The van der Waals surface area contributed by atoms with Gasteiger partial charge in [-0.25, -0.2) is 5.01 Å². The van der Waals surface area contributed by atoms with E-state index in [4.69, 9.17) is 21.1 Å². The van der Waals surface area contributed by atoms with E-state index in [1.54, 1.807) is 0 Å². The van der Waals surface area contributed by atoms with E-state index in [0.717, 1.165) is 58.6 Å². The number of ether oxygens (including phenoxy) is 2. The Kier molecular flexibility index (Phi) is 7.71. The standard InChI is InChI=1S/C11H25N3O2/c12-5-1-8-15-9-2-10-16-11-3-6-14(13)7-4-11/h11H,1-10,12-13H2. The molecule has 0 aromatic heterocycles. The SMILES string of the molecule is NCCCOCCCOC1CCN(N)CC1. The summed E-state index contributed by atoms with van der Waals surface area (Å²) in [6, 6.07) is 0. The molecule has 1 rings (SSSR count). The third-order valence-electron chi connectivity index (χ3n) is 2.76. The van der Waals surface area contributed by atoms with Crippen molar-refractivity contribution in [1.82, 2.24) is 5.01 Å². The zero-order valence-electron chi connectivity index (χ0n) is 10.1. The first kappa shape index (κ1) is 13.9. The van der Waals surface area contributed by atoms with Crippen molar-refractivity contribution < 1.29 is 9.47 Å². The molecule has 5 nitrogen and oxygen atoms in total. The highest BCUT2D eigenvalue weighted by Crippen LogP contribution is 2.11. The van der Waals surface area contributed by atoms with Crippen LogP contribution in [0.2, 0.25) is 0 Å². The average Bonchev–Trinajstić information content (AvgIpc) is 2.30. The molecule has 0 aromatic carbocycles. The van der Waals surface area contributed by atoms with Crippen LogP contribution in [0.4, 0.5) is 0 Å². The number of nitrogens with two attached hydrogens (primary N) is 2. The highest BCUT2D eigenvalue weighted by molar-refractivity contribution is 4.68. The molecular weight excluding hydrogens is 206 g/mol. The number of nitrogens with zero attached hydrogens (tertiary/aromatic N) is 1. The molecule has 0 aliphatic carbocycles. The van der Waals surface area contributed by atoms with Crippen molar-refractivity contribution in [2.24, 2.45) is 11.6 Å². The van der Waals surface area contributed by atoms with Crippen molar-refractivity contribution in [3.63, 3.8) is 0 Å². The maximum atomic E-state index is 5.75. The van der Waals surface area contributed by atoms with E-state index < -0.39 is 0 Å². The zero-order valence-corrected chi connectivity index (χ0v) is 10.1. The minimum Gasteiger partial charge on any atom is -0.381 e. The molecule has 0 spiro atoms. The lowest BCUT2D eigenvalue weighted by molar-refractivity contribution is -0.00292. The van der Waals surface area contributed by atoms with Crippen molar-refractivity contribution in [3.05, 3.63) is 0 Å². The quantitative estimate of drug-likeness (QED) is 0.458. The number of rotatable bonds is 8. The van der Waals surface area contributed by atoms with Gasteiger partial charge in [0.25, 0.3) is 0 Å². The number of hydrazine groups is 1. The fourth-order valence-electron chi connectivity index (χ4n) is 1.74. The Morgan fingerprint density at radius 2 is 1.75 bits per heavy atom. The molecule has 0 unspecified atom stereocenters. The van der Waals surface area contributed by atoms with Crippen molar-refractivity contribution in [2.45, 2.75) is 31.8 Å². The van der Waals surface area contributed by atoms with Crippen LogP contribution in [0.15, 0.2) is 0 Å². The maximum absolute atomic E-state index is 5.75. The second-order valence-electron chi connectivity index (χ2n) is 4.21. The highest BCUT2D eigenvalue weighted by atomic mass is 16.5. The van der Waals surface area contributed by atoms with Crippen LogP contribution < -0.4 is 11.6 Å². The van der Waals surface area contributed by atoms with Gasteiger partial charge in [-0.05, 0) is 32.2 Å². The summed E-state index contributed by atoms with van der Waals surface area (Å²) in [6.07, 6.45) is 4.39. The molecule has 1 saturated heterocycles. The largest absolute Gasteiger partial charge is 0.381 e. The Morgan fingerprint density at radius 1 is 1.06 bits per heavy atom. The van der Waals surface area contributed by atoms with Crippen LogP contribution in [0.5, 0.6) is 0 Å². The van der Waals surface area contributed by atoms with Crippen molar-refractivity contribution in [1.29, 1.82) is 0 Å². The summed E-state index contributed by atoms with van der Waals surface area (Å²) < 4.78 is 11.1. The van der Waals surface area contributed by atoms with Gasteiger partial charge in [0, 0.05) is 32.9 Å². The van der Waals surface area contributed by atoms with E-state index >= 15 is 0 Å². The molecule has 0 amide bonds. The van der Waals surface area contributed by atoms with Crippen LogP contribution in [0.1, 0.15) is 25.7 Å². The fourth-order valence-corrected chi connectivity index (χ4v) is 1.74. The topological polar surface area (TPSA) is 73.7 Å². The number of hydrogen-bond donors (Lipinski definition) is 2. The first-order chi connectivity index (χ1) is 7.83. The van der Waals surface area contributed by atoms with E-state index in [1.165, 1.54) is 0 Å². The number of hydrogen-bond acceptors (Lipinski definition) is 5. The molecule has 0 atom stereocenters. The highest BCUT2D eigenvalue weighted by Gasteiger charge is 2.16. The van der Waals surface area contributed by atoms with Crippen LogP contribution in [-0.2, 0) is 9.47 Å². The molecule has 1 aliphatic heterocycles. The minimum atomic E-state index is 0.392. The van der Waals surface area contributed by atoms with Crippen molar-refractivity contribution in [2.75, 3.05) is 39.5 Å². The van der Waals surface area contributed by atoms with Gasteiger partial charge in [-0.15, -0.1) is 0 Å². The summed E-state index contributed by atoms with van der Waals surface area (Å²) in [4.78, 5) is 0. The smallest absolute Gasteiger partial charge is 0.0600 e. The van der Waals surface area contributed by atoms with Crippen LogP contribution in [-0.4, -0.2) is 50.6 Å². The van der Waals surface area contributed by atoms with E-state index in [1.807, 2.05) is 5.01 Å². The zero-order chi connectivity index (χ0) is 11.6. The van der Waals surface area contributed by atoms with Crippen LogP contribution in [0.3, 0.4) is 0 Å². The second kappa shape index (κ2) is 8.90. The summed E-state index contributed by atoms with van der Waals surface area (Å²) >= 11 is 0. The third kappa shape index (κ3) is 6.40. The summed E-state index contributed by atoms with van der Waals surface area (Å²) in [7, 11) is 0. The fraction of sp³-hybridized carbons (Fsp3) is 1.00. The van der Waals surface area contributed by atoms with Gasteiger partial charge in [-0.1, -0.05) is 0 Å². The Labute approximate surface area is 98.0 Å². The summed E-state index contributed by atoms with van der Waals surface area (Å²) in [5.74, 6) is 5.67. The van der Waals surface area contributed by atoms with E-state index in [9.17, 15) is 0 Å². The predicted octanol–water partition coefficient (Wildman–Crippen LogP) is 0.0966. The molecule has 0 radical (unpaired) electrons. The lowest BCUT2D eigenvalue weighted by atomic mass is 10.1. The van der Waals surface area contributed by atoms with Crippen molar-refractivity contribution in [3.8, 4) is 0 Å². The van der Waals surface area contributed by atoms with E-state index in [0.29, 0.717) is 12.6 Å². The lowest BCUT2D eigenvalue weighted by Crippen LogP contribution is -2.41. The average molecular weight is 231 g/mol. The monoisotopic (exact) mass is 231 g/mol. The second-order valence-corrected chi connectivity index (χ2v) is 4.21. The van der Waals surface area contributed by atoms with E-state index in [2.05, 4.69) is 0 Å². The molecule has 0 saturated carbocycles. The molecule has 16 heavy (non-hydrogen) atoms. The first-order valence-electron chi connectivity index (χ1n) is 6.22. The molecule has 1 aliphatic rings. The predicted molar refractivity (Wildman–Crippen MR) is 63.8 cm³/mol. The Balaban J connectivity index is 1.84. The van der Waals surface area contributed by atoms with Gasteiger partial charge in [0.2, 0.25) is 0 Å². The van der Waals surface area contributed by atoms with Gasteiger partial charge >= 0.3 is 0 Å². The molecule has 4 N–H and O–H groups in total. The van der Waals surface area contributed by atoms with Crippen LogP contribution in [0, 0.1) is 0 Å². The van der Waals surface area contributed by atoms with Gasteiger partial charge in [0.05, 0.1) is 6.10 Å². The van der Waals surface area contributed by atoms with Gasteiger partial charge in [-0.2, -0.15) is 0 Å². The van der Waals surface area contributed by atoms with Gasteiger partial charge in [0.1, 0.15) is 0 Å². The molecular formula is C11H25N3O2. The molecule has 1 fully saturated rings. The molecule has 0 aromatic rings. The van der Waals surface area contributed by atoms with Gasteiger partial charge < -0.3 is 15.2 Å². The maximum Gasteiger partial charge on any atom is 0.0600 e. The first-order valence-corrected chi connectivity index (χ1v) is 6.22.